The number of nitrogens with one attached hydrogen (secondary N) is 3. The summed E-state index contributed by atoms with van der Waals surface area (Å²) in [6.45, 7) is 2.36. The number of hydrogen-bond acceptors (Lipinski definition) is 5. The lowest BCUT2D eigenvalue weighted by molar-refractivity contribution is 0.0936. The molecule has 0 saturated heterocycles. The van der Waals surface area contributed by atoms with Crippen molar-refractivity contribution >= 4 is 40.0 Å². The molecule has 7 nitrogen and oxygen atoms in total. The minimum absolute atomic E-state index is 0.0263. The van der Waals surface area contributed by atoms with Crippen LogP contribution in [0.1, 0.15) is 32.0 Å². The molecule has 4 aromatic rings. The van der Waals surface area contributed by atoms with Crippen molar-refractivity contribution in [3.8, 4) is 5.75 Å². The molecule has 3 N–H and O–H groups in total. The Hall–Kier alpha value is -4.30. The SMILES string of the molecule is Cc1cc(C(=O)NNC(=S)NC(=O)c2ccc(OCCc3ccccc3)cc2)c2ccccc2n1. The molecule has 0 unspecified atom stereocenters. The summed E-state index contributed by atoms with van der Waals surface area (Å²) in [6, 6.07) is 25.9. The Kier molecular flexibility index (Phi) is 7.64. The summed E-state index contributed by atoms with van der Waals surface area (Å²) in [6.07, 6.45) is 0.795. The van der Waals surface area contributed by atoms with Crippen LogP contribution in [0.2, 0.25) is 0 Å². The second-order valence-corrected chi connectivity index (χ2v) is 8.21. The third-order valence-corrected chi connectivity index (χ3v) is 5.43. The van der Waals surface area contributed by atoms with Crippen molar-refractivity contribution in [1.82, 2.24) is 21.2 Å². The van der Waals surface area contributed by atoms with Gasteiger partial charge in [0, 0.05) is 23.1 Å². The van der Waals surface area contributed by atoms with Crippen molar-refractivity contribution in [3.05, 3.63) is 107 Å². The molecule has 4 rings (SSSR count). The summed E-state index contributed by atoms with van der Waals surface area (Å²) >= 11 is 5.15. The van der Waals surface area contributed by atoms with Crippen LogP contribution in [-0.2, 0) is 6.42 Å². The molecule has 0 aliphatic carbocycles. The van der Waals surface area contributed by atoms with Crippen LogP contribution in [0, 0.1) is 6.92 Å². The van der Waals surface area contributed by atoms with Gasteiger partial charge in [0.1, 0.15) is 5.75 Å². The quantitative estimate of drug-likeness (QED) is 0.282. The van der Waals surface area contributed by atoms with Crippen molar-refractivity contribution in [2.75, 3.05) is 6.61 Å². The third kappa shape index (κ3) is 6.39. The van der Waals surface area contributed by atoms with Crippen LogP contribution in [0.5, 0.6) is 5.75 Å². The molecule has 0 radical (unpaired) electrons. The predicted molar refractivity (Wildman–Crippen MR) is 139 cm³/mol. The van der Waals surface area contributed by atoms with Crippen molar-refractivity contribution in [1.29, 1.82) is 0 Å². The number of carbonyl (C=O) groups excluding carboxylic acids is 2. The maximum Gasteiger partial charge on any atom is 0.270 e. The van der Waals surface area contributed by atoms with E-state index in [1.165, 1.54) is 5.56 Å². The van der Waals surface area contributed by atoms with E-state index in [1.54, 1.807) is 30.3 Å². The van der Waals surface area contributed by atoms with Crippen LogP contribution in [0.15, 0.2) is 84.9 Å². The average Bonchev–Trinajstić information content (AvgIpc) is 2.87. The van der Waals surface area contributed by atoms with Crippen LogP contribution in [0.4, 0.5) is 0 Å². The average molecular weight is 485 g/mol. The highest BCUT2D eigenvalue weighted by Crippen LogP contribution is 2.18. The lowest BCUT2D eigenvalue weighted by Crippen LogP contribution is -2.48. The first-order valence-corrected chi connectivity index (χ1v) is 11.5. The molecule has 176 valence electrons. The monoisotopic (exact) mass is 484 g/mol. The number of amides is 2. The standard InChI is InChI=1S/C27H24N4O3S/c1-18-17-23(22-9-5-6-10-24(22)28-18)26(33)30-31-27(35)29-25(32)20-11-13-21(14-12-20)34-16-15-19-7-3-2-4-8-19/h2-14,17H,15-16H2,1H3,(H,30,33)(H2,29,31,32,35). The molecule has 0 bridgehead atoms. The van der Waals surface area contributed by atoms with Crippen LogP contribution < -0.4 is 20.9 Å². The van der Waals surface area contributed by atoms with Gasteiger partial charge >= 0.3 is 0 Å². The topological polar surface area (TPSA) is 92.4 Å². The molecule has 2 amide bonds. The van der Waals surface area contributed by atoms with Gasteiger partial charge in [0.25, 0.3) is 11.8 Å². The maximum atomic E-state index is 12.7. The number of thiocarbonyl (C=S) groups is 1. The Balaban J connectivity index is 1.27. The summed E-state index contributed by atoms with van der Waals surface area (Å²) in [5.74, 6) is -0.122. The van der Waals surface area contributed by atoms with Crippen LogP contribution in [-0.4, -0.2) is 28.5 Å². The van der Waals surface area contributed by atoms with Gasteiger partial charge in [-0.25, -0.2) is 0 Å². The van der Waals surface area contributed by atoms with E-state index in [1.807, 2.05) is 49.4 Å². The van der Waals surface area contributed by atoms with Gasteiger partial charge in [-0.3, -0.25) is 30.7 Å². The molecule has 8 heteroatoms. The minimum atomic E-state index is -0.405. The van der Waals surface area contributed by atoms with E-state index in [4.69, 9.17) is 17.0 Å². The molecule has 35 heavy (non-hydrogen) atoms. The van der Waals surface area contributed by atoms with E-state index >= 15 is 0 Å². The van der Waals surface area contributed by atoms with E-state index in [0.29, 0.717) is 23.5 Å². The second kappa shape index (κ2) is 11.2. The number of carbonyl (C=O) groups is 2. The summed E-state index contributed by atoms with van der Waals surface area (Å²) in [4.78, 5) is 29.6. The fraction of sp³-hybridized carbons (Fsp3) is 0.111. The number of hydrazine groups is 1. The van der Waals surface area contributed by atoms with Gasteiger partial charge in [0.05, 0.1) is 17.7 Å². The van der Waals surface area contributed by atoms with Crippen LogP contribution in [0.3, 0.4) is 0 Å². The normalized spacial score (nSPS) is 10.4. The zero-order chi connectivity index (χ0) is 24.6. The van der Waals surface area contributed by atoms with Crippen LogP contribution in [0.25, 0.3) is 10.9 Å². The highest BCUT2D eigenvalue weighted by atomic mass is 32.1. The molecule has 1 heterocycles. The molecule has 0 aliphatic rings. The first-order valence-electron chi connectivity index (χ1n) is 11.0. The number of nitrogens with zero attached hydrogens (tertiary/aromatic N) is 1. The largest absolute Gasteiger partial charge is 0.493 e. The summed E-state index contributed by atoms with van der Waals surface area (Å²) in [7, 11) is 0. The van der Waals surface area contributed by atoms with Gasteiger partial charge in [-0.2, -0.15) is 0 Å². The minimum Gasteiger partial charge on any atom is -0.493 e. The Morgan fingerprint density at radius 3 is 2.37 bits per heavy atom. The summed E-state index contributed by atoms with van der Waals surface area (Å²) in [5, 5.41) is 3.24. The molecule has 0 aliphatic heterocycles. The number of fused-ring (bicyclic) bond motifs is 1. The van der Waals surface area contributed by atoms with Gasteiger partial charge < -0.3 is 4.74 Å². The van der Waals surface area contributed by atoms with E-state index in [-0.39, 0.29) is 11.0 Å². The highest BCUT2D eigenvalue weighted by molar-refractivity contribution is 7.80. The first-order chi connectivity index (χ1) is 17.0. The summed E-state index contributed by atoms with van der Waals surface area (Å²) < 4.78 is 5.75. The third-order valence-electron chi connectivity index (χ3n) is 5.22. The predicted octanol–water partition coefficient (Wildman–Crippen LogP) is 4.11. The fourth-order valence-corrected chi connectivity index (χ4v) is 3.66. The van der Waals surface area contributed by atoms with Gasteiger partial charge in [-0.05, 0) is 61.1 Å². The Labute approximate surface area is 208 Å². The summed E-state index contributed by atoms with van der Waals surface area (Å²) in [5.41, 5.74) is 8.61. The maximum absolute atomic E-state index is 12.7. The molecule has 0 spiro atoms. The number of aryl methyl sites for hydroxylation is 1. The zero-order valence-corrected chi connectivity index (χ0v) is 19.9. The Bertz CT molecular complexity index is 1360. The molecule has 1 aromatic heterocycles. The zero-order valence-electron chi connectivity index (χ0n) is 19.1. The van der Waals surface area contributed by atoms with E-state index < -0.39 is 5.91 Å². The fourth-order valence-electron chi connectivity index (χ4n) is 3.52. The Morgan fingerprint density at radius 1 is 0.886 bits per heavy atom. The van der Waals surface area contributed by atoms with Gasteiger partial charge in [-0.1, -0.05) is 48.5 Å². The van der Waals surface area contributed by atoms with Gasteiger partial charge in [-0.15, -0.1) is 0 Å². The second-order valence-electron chi connectivity index (χ2n) is 7.80. The number of benzene rings is 3. The molecule has 0 saturated carbocycles. The van der Waals surface area contributed by atoms with E-state index in [0.717, 1.165) is 23.0 Å². The first kappa shape index (κ1) is 23.8. The van der Waals surface area contributed by atoms with Gasteiger partial charge in [0.15, 0.2) is 5.11 Å². The van der Waals surface area contributed by atoms with Gasteiger partial charge in [0.2, 0.25) is 0 Å². The number of ether oxygens (including phenoxy) is 1. The van der Waals surface area contributed by atoms with Crippen molar-refractivity contribution in [2.24, 2.45) is 0 Å². The molecule has 0 fully saturated rings. The lowest BCUT2D eigenvalue weighted by atomic mass is 10.1. The van der Waals surface area contributed by atoms with E-state index in [2.05, 4.69) is 33.3 Å². The van der Waals surface area contributed by atoms with Crippen molar-refractivity contribution < 1.29 is 14.3 Å². The smallest absolute Gasteiger partial charge is 0.270 e. The molecule has 3 aromatic carbocycles. The number of pyridine rings is 1. The molecular formula is C27H24N4O3S. The lowest BCUT2D eigenvalue weighted by Gasteiger charge is -2.12. The molecular weight excluding hydrogens is 460 g/mol. The van der Waals surface area contributed by atoms with Crippen LogP contribution >= 0.6 is 12.2 Å². The number of hydrogen-bond donors (Lipinski definition) is 3. The van der Waals surface area contributed by atoms with E-state index in [9.17, 15) is 9.59 Å². The number of para-hydroxylation sites is 1. The molecule has 0 atom stereocenters. The van der Waals surface area contributed by atoms with Crippen molar-refractivity contribution in [3.63, 3.8) is 0 Å². The number of aromatic nitrogens is 1. The van der Waals surface area contributed by atoms with Crippen molar-refractivity contribution in [2.45, 2.75) is 13.3 Å². The highest BCUT2D eigenvalue weighted by Gasteiger charge is 2.13. The number of rotatable bonds is 6. The Morgan fingerprint density at radius 2 is 1.60 bits per heavy atom.